The normalized spacial score (nSPS) is 10.8. The van der Waals surface area contributed by atoms with Crippen molar-refractivity contribution in [2.45, 2.75) is 33.2 Å². The van der Waals surface area contributed by atoms with E-state index >= 15 is 0 Å². The van der Waals surface area contributed by atoms with Gasteiger partial charge in [-0.3, -0.25) is 14.5 Å². The second-order valence-electron chi connectivity index (χ2n) is 5.52. The number of benzene rings is 1. The Balaban J connectivity index is 1.92. The summed E-state index contributed by atoms with van der Waals surface area (Å²) >= 11 is 5.29. The molecule has 7 heteroatoms. The third-order valence-corrected chi connectivity index (χ3v) is 3.90. The maximum atomic E-state index is 12.0. The quantitative estimate of drug-likeness (QED) is 0.540. The molecule has 1 heterocycles. The third kappa shape index (κ3) is 5.28. The van der Waals surface area contributed by atoms with E-state index in [1.54, 1.807) is 0 Å². The topological polar surface area (TPSA) is 71.9 Å². The molecule has 24 heavy (non-hydrogen) atoms. The van der Waals surface area contributed by atoms with Crippen molar-refractivity contribution in [1.29, 1.82) is 0 Å². The Morgan fingerprint density at radius 3 is 3.04 bits per heavy atom. The first-order chi connectivity index (χ1) is 11.6. The molecule has 0 aliphatic heterocycles. The van der Waals surface area contributed by atoms with Gasteiger partial charge in [0.25, 0.3) is 0 Å². The van der Waals surface area contributed by atoms with Crippen molar-refractivity contribution in [2.75, 3.05) is 19.8 Å². The Bertz CT molecular complexity index is 723. The number of H-pyrrole nitrogens is 1. The van der Waals surface area contributed by atoms with Gasteiger partial charge < -0.3 is 10.1 Å². The van der Waals surface area contributed by atoms with E-state index in [0.717, 1.165) is 23.4 Å². The number of aromatic amines is 1. The molecule has 2 rings (SSSR count). The average Bonchev–Trinajstić information content (AvgIpc) is 2.93. The van der Waals surface area contributed by atoms with Gasteiger partial charge in [-0.15, -0.1) is 0 Å². The Morgan fingerprint density at radius 1 is 1.46 bits per heavy atom. The van der Waals surface area contributed by atoms with Crippen molar-refractivity contribution >= 4 is 18.1 Å². The van der Waals surface area contributed by atoms with Crippen molar-refractivity contribution in [1.82, 2.24) is 20.1 Å². The van der Waals surface area contributed by atoms with Crippen molar-refractivity contribution < 1.29 is 9.53 Å². The first kappa shape index (κ1) is 18.4. The molecule has 0 atom stereocenters. The molecule has 0 saturated heterocycles. The predicted octanol–water partition coefficient (Wildman–Crippen LogP) is 2.85. The summed E-state index contributed by atoms with van der Waals surface area (Å²) in [4.78, 5) is 12.0. The van der Waals surface area contributed by atoms with Crippen LogP contribution in [0.1, 0.15) is 25.3 Å². The number of nitrogens with one attached hydrogen (secondary N) is 2. The zero-order chi connectivity index (χ0) is 17.4. The van der Waals surface area contributed by atoms with E-state index in [-0.39, 0.29) is 5.91 Å². The summed E-state index contributed by atoms with van der Waals surface area (Å²) in [5.41, 5.74) is 2.14. The molecule has 1 amide bonds. The highest BCUT2D eigenvalue weighted by Gasteiger charge is 2.10. The second-order valence-corrected chi connectivity index (χ2v) is 5.91. The Labute approximate surface area is 147 Å². The summed E-state index contributed by atoms with van der Waals surface area (Å²) in [5.74, 6) is 0.762. The van der Waals surface area contributed by atoms with Gasteiger partial charge in [0.15, 0.2) is 10.6 Å². The van der Waals surface area contributed by atoms with Gasteiger partial charge in [-0.25, -0.2) is 0 Å². The summed E-state index contributed by atoms with van der Waals surface area (Å²) in [6.07, 6.45) is 1.18. The molecule has 0 saturated carbocycles. The number of aromatic nitrogens is 3. The van der Waals surface area contributed by atoms with Gasteiger partial charge in [0.1, 0.15) is 0 Å². The van der Waals surface area contributed by atoms with Gasteiger partial charge in [-0.2, -0.15) is 5.10 Å². The van der Waals surface area contributed by atoms with E-state index in [1.165, 1.54) is 0 Å². The van der Waals surface area contributed by atoms with Crippen LogP contribution in [0.4, 0.5) is 0 Å². The van der Waals surface area contributed by atoms with Gasteiger partial charge in [0, 0.05) is 38.3 Å². The highest BCUT2D eigenvalue weighted by atomic mass is 32.1. The first-order valence-electron chi connectivity index (χ1n) is 8.18. The van der Waals surface area contributed by atoms with Crippen LogP contribution in [-0.2, 0) is 16.1 Å². The largest absolute Gasteiger partial charge is 0.382 e. The van der Waals surface area contributed by atoms with Crippen LogP contribution in [0.5, 0.6) is 0 Å². The maximum Gasteiger partial charge on any atom is 0.221 e. The van der Waals surface area contributed by atoms with Crippen molar-refractivity contribution in [3.63, 3.8) is 0 Å². The third-order valence-electron chi connectivity index (χ3n) is 3.59. The number of amides is 1. The van der Waals surface area contributed by atoms with Crippen LogP contribution in [0.3, 0.4) is 0 Å². The predicted molar refractivity (Wildman–Crippen MR) is 96.3 cm³/mol. The molecule has 130 valence electrons. The van der Waals surface area contributed by atoms with E-state index in [4.69, 9.17) is 17.0 Å². The van der Waals surface area contributed by atoms with Crippen LogP contribution in [0.25, 0.3) is 11.4 Å². The molecule has 0 aliphatic carbocycles. The smallest absolute Gasteiger partial charge is 0.221 e. The average molecular weight is 348 g/mol. The van der Waals surface area contributed by atoms with Crippen molar-refractivity contribution in [3.8, 4) is 11.4 Å². The van der Waals surface area contributed by atoms with E-state index in [2.05, 4.69) is 21.6 Å². The molecule has 0 bridgehead atoms. The Morgan fingerprint density at radius 2 is 2.29 bits per heavy atom. The van der Waals surface area contributed by atoms with E-state index < -0.39 is 0 Å². The lowest BCUT2D eigenvalue weighted by molar-refractivity contribution is -0.121. The number of rotatable bonds is 9. The summed E-state index contributed by atoms with van der Waals surface area (Å²) in [6, 6.07) is 8.06. The molecule has 1 aromatic heterocycles. The second kappa shape index (κ2) is 9.34. The molecule has 2 N–H and O–H groups in total. The molecule has 0 radical (unpaired) electrons. The minimum absolute atomic E-state index is 0.00444. The van der Waals surface area contributed by atoms with Crippen LogP contribution >= 0.6 is 12.2 Å². The molecule has 0 unspecified atom stereocenters. The highest BCUT2D eigenvalue weighted by Crippen LogP contribution is 2.18. The summed E-state index contributed by atoms with van der Waals surface area (Å²) in [7, 11) is 0. The fraction of sp³-hybridized carbons (Fsp3) is 0.471. The molecule has 1 aromatic carbocycles. The number of carbonyl (C=O) groups excluding carboxylic acids is 1. The summed E-state index contributed by atoms with van der Waals surface area (Å²) < 4.78 is 7.63. The van der Waals surface area contributed by atoms with Crippen molar-refractivity contribution in [3.05, 3.63) is 34.6 Å². The lowest BCUT2D eigenvalue weighted by Crippen LogP contribution is -2.26. The van der Waals surface area contributed by atoms with Crippen LogP contribution in [-0.4, -0.2) is 40.4 Å². The van der Waals surface area contributed by atoms with Crippen LogP contribution in [0.15, 0.2) is 24.3 Å². The molecule has 0 spiro atoms. The van der Waals surface area contributed by atoms with Gasteiger partial charge in [0.2, 0.25) is 5.91 Å². The zero-order valence-electron chi connectivity index (χ0n) is 14.2. The number of hydrogen-bond acceptors (Lipinski definition) is 4. The molecular weight excluding hydrogens is 324 g/mol. The molecule has 6 nitrogen and oxygen atoms in total. The number of ether oxygens (including phenoxy) is 1. The van der Waals surface area contributed by atoms with E-state index in [0.29, 0.717) is 37.5 Å². The van der Waals surface area contributed by atoms with Crippen LogP contribution in [0.2, 0.25) is 0 Å². The fourth-order valence-corrected chi connectivity index (χ4v) is 2.60. The maximum absolute atomic E-state index is 12.0. The first-order valence-corrected chi connectivity index (χ1v) is 8.59. The zero-order valence-corrected chi connectivity index (χ0v) is 15.0. The number of hydrogen-bond donors (Lipinski definition) is 2. The van der Waals surface area contributed by atoms with E-state index in [1.807, 2.05) is 36.6 Å². The number of carbonyl (C=O) groups is 1. The minimum Gasteiger partial charge on any atom is -0.382 e. The van der Waals surface area contributed by atoms with Gasteiger partial charge >= 0.3 is 0 Å². The van der Waals surface area contributed by atoms with E-state index in [9.17, 15) is 4.79 Å². The summed E-state index contributed by atoms with van der Waals surface area (Å²) in [5, 5.41) is 10.0. The lowest BCUT2D eigenvalue weighted by Gasteiger charge is -2.08. The fourth-order valence-electron chi connectivity index (χ4n) is 2.38. The Hall–Kier alpha value is -1.99. The summed E-state index contributed by atoms with van der Waals surface area (Å²) in [6.45, 7) is 6.48. The monoisotopic (exact) mass is 348 g/mol. The van der Waals surface area contributed by atoms with Gasteiger partial charge in [-0.05, 0) is 38.6 Å². The van der Waals surface area contributed by atoms with Crippen LogP contribution < -0.4 is 5.32 Å². The van der Waals surface area contributed by atoms with Gasteiger partial charge in [-0.1, -0.05) is 23.8 Å². The van der Waals surface area contributed by atoms with Gasteiger partial charge in [0.05, 0.1) is 0 Å². The van der Waals surface area contributed by atoms with Crippen molar-refractivity contribution in [2.24, 2.45) is 0 Å². The SMILES string of the molecule is CCOCCCNC(=O)CCn1c(-c2cccc(C)c2)n[nH]c1=S. The number of aryl methyl sites for hydroxylation is 1. The standard InChI is InChI=1S/C17H24N4O2S/c1-3-23-11-5-9-18-15(22)8-10-21-16(19-20-17(21)24)14-7-4-6-13(2)12-14/h4,6-7,12H,3,5,8-11H2,1-2H3,(H,18,22)(H,20,24). The number of nitrogens with zero attached hydrogens (tertiary/aromatic N) is 2. The molecule has 2 aromatic rings. The Kier molecular flexibility index (Phi) is 7.14. The minimum atomic E-state index is 0.00444. The molecular formula is C17H24N4O2S. The highest BCUT2D eigenvalue weighted by molar-refractivity contribution is 7.71. The molecule has 0 fully saturated rings. The lowest BCUT2D eigenvalue weighted by atomic mass is 10.1. The molecule has 0 aliphatic rings. The van der Waals surface area contributed by atoms with Crippen LogP contribution in [0, 0.1) is 11.7 Å².